The highest BCUT2D eigenvalue weighted by Gasteiger charge is 2.59. The van der Waals surface area contributed by atoms with Gasteiger partial charge in [0.2, 0.25) is 22.9 Å². The Hall–Kier alpha value is -1.74. The summed E-state index contributed by atoms with van der Waals surface area (Å²) < 4.78 is 0.776. The number of thioether (sulfide) groups is 1. The van der Waals surface area contributed by atoms with Crippen LogP contribution in [0.2, 0.25) is 0 Å². The van der Waals surface area contributed by atoms with Gasteiger partial charge < -0.3 is 0 Å². The minimum atomic E-state index is -0.416. The molecule has 9 heteroatoms. The van der Waals surface area contributed by atoms with E-state index in [2.05, 4.69) is 15.5 Å². The fraction of sp³-hybridized carbons (Fsp3) is 0.533. The summed E-state index contributed by atoms with van der Waals surface area (Å²) in [7, 11) is 0. The number of likely N-dealkylation sites (tertiary alicyclic amines) is 1. The van der Waals surface area contributed by atoms with E-state index in [1.54, 1.807) is 11.8 Å². The van der Waals surface area contributed by atoms with Gasteiger partial charge in [-0.05, 0) is 24.0 Å². The Balaban J connectivity index is 1.41. The molecule has 1 aliphatic heterocycles. The van der Waals surface area contributed by atoms with Crippen molar-refractivity contribution < 1.29 is 14.4 Å². The first-order valence-electron chi connectivity index (χ1n) is 7.88. The molecule has 1 saturated heterocycles. The quantitative estimate of drug-likeness (QED) is 0.367. The number of anilines is 1. The van der Waals surface area contributed by atoms with Crippen molar-refractivity contribution in [1.29, 1.82) is 0 Å². The van der Waals surface area contributed by atoms with Gasteiger partial charge in [-0.1, -0.05) is 42.2 Å². The molecule has 24 heavy (non-hydrogen) atoms. The smallest absolute Gasteiger partial charge is 0.246 e. The molecule has 4 atom stereocenters. The van der Waals surface area contributed by atoms with E-state index in [4.69, 9.17) is 0 Å². The highest BCUT2D eigenvalue weighted by atomic mass is 32.2. The van der Waals surface area contributed by atoms with Gasteiger partial charge in [0.05, 0.1) is 11.8 Å². The maximum absolute atomic E-state index is 12.5. The number of carbonyl (C=O) groups excluding carboxylic acids is 3. The van der Waals surface area contributed by atoms with E-state index in [9.17, 15) is 14.4 Å². The Kier molecular flexibility index (Phi) is 3.92. The van der Waals surface area contributed by atoms with E-state index in [-0.39, 0.29) is 42.0 Å². The molecule has 0 radical (unpaired) electrons. The summed E-state index contributed by atoms with van der Waals surface area (Å²) in [5.74, 6) is -0.195. The molecular formula is C15H16N4O3S2. The summed E-state index contributed by atoms with van der Waals surface area (Å²) >= 11 is 2.83. The monoisotopic (exact) mass is 364 g/mol. The third kappa shape index (κ3) is 2.46. The minimum Gasteiger partial charge on any atom is -0.299 e. The SMILES string of the molecule is CCSc1nnc(NC(=O)CN2C(=O)C3C4C=CC(C4)C3C2=O)s1. The van der Waals surface area contributed by atoms with E-state index in [1.807, 2.05) is 19.1 Å². The van der Waals surface area contributed by atoms with Gasteiger partial charge in [0.15, 0.2) is 4.34 Å². The van der Waals surface area contributed by atoms with Gasteiger partial charge >= 0.3 is 0 Å². The lowest BCUT2D eigenvalue weighted by Crippen LogP contribution is -2.39. The molecule has 4 rings (SSSR count). The second-order valence-electron chi connectivity index (χ2n) is 6.12. The number of nitrogens with one attached hydrogen (secondary N) is 1. The maximum atomic E-state index is 12.5. The zero-order chi connectivity index (χ0) is 16.8. The number of hydrogen-bond donors (Lipinski definition) is 1. The Bertz CT molecular complexity index is 717. The molecule has 1 N–H and O–H groups in total. The molecule has 1 aromatic rings. The van der Waals surface area contributed by atoms with Gasteiger partial charge in [-0.2, -0.15) is 0 Å². The minimum absolute atomic E-state index is 0.154. The molecule has 7 nitrogen and oxygen atoms in total. The van der Waals surface area contributed by atoms with Gasteiger partial charge in [0.25, 0.3) is 0 Å². The van der Waals surface area contributed by atoms with Gasteiger partial charge in [-0.3, -0.25) is 24.6 Å². The third-order valence-corrected chi connectivity index (χ3v) is 6.64. The molecule has 1 saturated carbocycles. The van der Waals surface area contributed by atoms with Crippen molar-refractivity contribution in [3.05, 3.63) is 12.2 Å². The van der Waals surface area contributed by atoms with Crippen LogP contribution in [0, 0.1) is 23.7 Å². The van der Waals surface area contributed by atoms with Crippen LogP contribution in [0.4, 0.5) is 5.13 Å². The molecule has 126 valence electrons. The van der Waals surface area contributed by atoms with Crippen LogP contribution < -0.4 is 5.32 Å². The summed E-state index contributed by atoms with van der Waals surface area (Å²) in [4.78, 5) is 38.3. The Morgan fingerprint density at radius 3 is 2.58 bits per heavy atom. The molecule has 2 fully saturated rings. The van der Waals surface area contributed by atoms with Crippen molar-refractivity contribution in [2.24, 2.45) is 23.7 Å². The van der Waals surface area contributed by atoms with Gasteiger partial charge in [0, 0.05) is 0 Å². The first-order valence-corrected chi connectivity index (χ1v) is 9.68. The fourth-order valence-electron chi connectivity index (χ4n) is 3.86. The van der Waals surface area contributed by atoms with Crippen LogP contribution >= 0.6 is 23.1 Å². The third-order valence-electron chi connectivity index (χ3n) is 4.78. The number of carbonyl (C=O) groups is 3. The number of rotatable bonds is 5. The van der Waals surface area contributed by atoms with Crippen molar-refractivity contribution in [3.63, 3.8) is 0 Å². The second-order valence-corrected chi connectivity index (χ2v) is 8.61. The second kappa shape index (κ2) is 5.96. The summed E-state index contributed by atoms with van der Waals surface area (Å²) in [6.45, 7) is 1.76. The van der Waals surface area contributed by atoms with Crippen LogP contribution in [0.5, 0.6) is 0 Å². The van der Waals surface area contributed by atoms with Crippen molar-refractivity contribution in [2.75, 3.05) is 17.6 Å². The molecule has 3 aliphatic rings. The van der Waals surface area contributed by atoms with Crippen LogP contribution in [0.25, 0.3) is 0 Å². The number of amides is 3. The first-order chi connectivity index (χ1) is 11.6. The van der Waals surface area contributed by atoms with Crippen LogP contribution in [0.15, 0.2) is 16.5 Å². The van der Waals surface area contributed by atoms with E-state index in [0.29, 0.717) is 5.13 Å². The molecule has 1 aromatic heterocycles. The van der Waals surface area contributed by atoms with Crippen LogP contribution in [0.3, 0.4) is 0 Å². The Morgan fingerprint density at radius 1 is 1.29 bits per heavy atom. The van der Waals surface area contributed by atoms with Crippen LogP contribution in [-0.2, 0) is 14.4 Å². The van der Waals surface area contributed by atoms with Crippen molar-refractivity contribution >= 4 is 46.0 Å². The van der Waals surface area contributed by atoms with E-state index in [1.165, 1.54) is 11.3 Å². The average molecular weight is 364 g/mol. The topological polar surface area (TPSA) is 92.3 Å². The number of aromatic nitrogens is 2. The number of imide groups is 1. The summed E-state index contributed by atoms with van der Waals surface area (Å²) in [5.41, 5.74) is 0. The normalized spacial score (nSPS) is 30.3. The Morgan fingerprint density at radius 2 is 1.96 bits per heavy atom. The Labute approximate surface area is 146 Å². The first kappa shape index (κ1) is 15.8. The fourth-order valence-corrected chi connectivity index (χ4v) is 5.53. The van der Waals surface area contributed by atoms with E-state index >= 15 is 0 Å². The molecule has 2 aliphatic carbocycles. The number of hydrogen-bond acceptors (Lipinski definition) is 7. The number of nitrogens with zero attached hydrogens (tertiary/aromatic N) is 3. The number of fused-ring (bicyclic) bond motifs is 5. The van der Waals surface area contributed by atoms with Crippen molar-refractivity contribution in [2.45, 2.75) is 17.7 Å². The predicted molar refractivity (Wildman–Crippen MR) is 89.4 cm³/mol. The lowest BCUT2D eigenvalue weighted by Gasteiger charge is -2.16. The highest BCUT2D eigenvalue weighted by molar-refractivity contribution is 8.01. The van der Waals surface area contributed by atoms with Gasteiger partial charge in [-0.25, -0.2) is 0 Å². The molecule has 0 aromatic carbocycles. The van der Waals surface area contributed by atoms with Crippen LogP contribution in [-0.4, -0.2) is 45.1 Å². The van der Waals surface area contributed by atoms with E-state index < -0.39 is 5.91 Å². The van der Waals surface area contributed by atoms with E-state index in [0.717, 1.165) is 21.4 Å². The molecule has 2 bridgehead atoms. The van der Waals surface area contributed by atoms with Crippen LogP contribution in [0.1, 0.15) is 13.3 Å². The molecule has 0 spiro atoms. The largest absolute Gasteiger partial charge is 0.299 e. The molecule has 3 amide bonds. The summed E-state index contributed by atoms with van der Waals surface area (Å²) in [5, 5.41) is 10.9. The molecular weight excluding hydrogens is 348 g/mol. The number of allylic oxidation sites excluding steroid dienone is 2. The lowest BCUT2D eigenvalue weighted by molar-refractivity contribution is -0.143. The maximum Gasteiger partial charge on any atom is 0.246 e. The zero-order valence-corrected chi connectivity index (χ0v) is 14.6. The van der Waals surface area contributed by atoms with Gasteiger partial charge in [-0.15, -0.1) is 10.2 Å². The summed E-state index contributed by atoms with van der Waals surface area (Å²) in [6, 6.07) is 0. The zero-order valence-electron chi connectivity index (χ0n) is 13.0. The average Bonchev–Trinajstić information content (AvgIpc) is 3.30. The highest BCUT2D eigenvalue weighted by Crippen LogP contribution is 2.52. The predicted octanol–water partition coefficient (Wildman–Crippen LogP) is 1.40. The van der Waals surface area contributed by atoms with Crippen molar-refractivity contribution in [1.82, 2.24) is 15.1 Å². The van der Waals surface area contributed by atoms with Crippen molar-refractivity contribution in [3.8, 4) is 0 Å². The molecule has 2 heterocycles. The lowest BCUT2D eigenvalue weighted by atomic mass is 9.85. The molecule has 4 unspecified atom stereocenters. The van der Waals surface area contributed by atoms with Gasteiger partial charge in [0.1, 0.15) is 6.54 Å². The summed E-state index contributed by atoms with van der Waals surface area (Å²) in [6.07, 6.45) is 4.96. The standard InChI is InChI=1S/C15H16N4O3S2/c1-2-23-15-18-17-14(24-15)16-9(20)6-19-12(21)10-7-3-4-8(5-7)11(10)13(19)22/h3-4,7-8,10-11H,2,5-6H2,1H3,(H,16,17,20).